The van der Waals surface area contributed by atoms with E-state index in [1.54, 1.807) is 0 Å². The SMILES string of the molecule is Cc1ccc2c(oc3cc4c(cc32)C(C)(C)CCC4(C)C)c1N1C=CN(C)[C@@H]1C. The van der Waals surface area contributed by atoms with Crippen LogP contribution in [0.5, 0.6) is 0 Å². The maximum Gasteiger partial charge on any atom is 0.159 e. The van der Waals surface area contributed by atoms with Crippen molar-refractivity contribution >= 4 is 27.6 Å². The molecule has 1 aromatic heterocycles. The van der Waals surface area contributed by atoms with E-state index in [2.05, 4.69) is 95.1 Å². The number of benzene rings is 2. The Hall–Kier alpha value is -2.42. The van der Waals surface area contributed by atoms with Crippen molar-refractivity contribution in [2.45, 2.75) is 71.4 Å². The maximum absolute atomic E-state index is 6.59. The lowest BCUT2D eigenvalue weighted by molar-refractivity contribution is 0.332. The molecule has 0 saturated heterocycles. The van der Waals surface area contributed by atoms with E-state index in [9.17, 15) is 0 Å². The molecule has 0 fully saturated rings. The van der Waals surface area contributed by atoms with Crippen molar-refractivity contribution in [3.63, 3.8) is 0 Å². The zero-order chi connectivity index (χ0) is 20.7. The average Bonchev–Trinajstić information content (AvgIpc) is 3.18. The van der Waals surface area contributed by atoms with Gasteiger partial charge >= 0.3 is 0 Å². The van der Waals surface area contributed by atoms with Crippen molar-refractivity contribution in [2.24, 2.45) is 0 Å². The number of hydrogen-bond donors (Lipinski definition) is 0. The van der Waals surface area contributed by atoms with Crippen LogP contribution in [-0.4, -0.2) is 18.1 Å². The van der Waals surface area contributed by atoms with Crippen LogP contribution in [0.2, 0.25) is 0 Å². The minimum absolute atomic E-state index is 0.186. The van der Waals surface area contributed by atoms with Gasteiger partial charge in [-0.25, -0.2) is 0 Å². The molecule has 2 heterocycles. The van der Waals surface area contributed by atoms with Gasteiger partial charge in [0, 0.05) is 30.2 Å². The van der Waals surface area contributed by atoms with Gasteiger partial charge in [-0.05, 0) is 66.3 Å². The molecule has 1 aliphatic heterocycles. The number of fused-ring (bicyclic) bond motifs is 4. The molecule has 0 amide bonds. The summed E-state index contributed by atoms with van der Waals surface area (Å²) in [7, 11) is 2.12. The summed E-state index contributed by atoms with van der Waals surface area (Å²) in [5.41, 5.74) is 7.77. The van der Waals surface area contributed by atoms with Crippen LogP contribution >= 0.6 is 0 Å². The number of anilines is 1. The largest absolute Gasteiger partial charge is 0.454 e. The van der Waals surface area contributed by atoms with Crippen molar-refractivity contribution in [2.75, 3.05) is 11.9 Å². The predicted molar refractivity (Wildman–Crippen MR) is 123 cm³/mol. The minimum atomic E-state index is 0.186. The Bertz CT molecular complexity index is 1160. The van der Waals surface area contributed by atoms with Gasteiger partial charge < -0.3 is 14.2 Å². The highest BCUT2D eigenvalue weighted by atomic mass is 16.3. The van der Waals surface area contributed by atoms with Crippen molar-refractivity contribution in [3.8, 4) is 0 Å². The molecule has 2 aliphatic rings. The average molecular weight is 389 g/mol. The quantitative estimate of drug-likeness (QED) is 0.456. The molecule has 3 nitrogen and oxygen atoms in total. The lowest BCUT2D eigenvalue weighted by Gasteiger charge is -2.41. The Balaban J connectivity index is 1.81. The molecule has 0 spiro atoms. The summed E-state index contributed by atoms with van der Waals surface area (Å²) in [5, 5.41) is 2.47. The number of nitrogens with zero attached hydrogens (tertiary/aromatic N) is 2. The fourth-order valence-corrected chi connectivity index (χ4v) is 5.19. The maximum atomic E-state index is 6.59. The Morgan fingerprint density at radius 1 is 0.931 bits per heavy atom. The van der Waals surface area contributed by atoms with Crippen molar-refractivity contribution in [1.82, 2.24) is 4.90 Å². The monoisotopic (exact) mass is 388 g/mol. The highest BCUT2D eigenvalue weighted by Crippen LogP contribution is 2.49. The molecule has 0 radical (unpaired) electrons. The van der Waals surface area contributed by atoms with E-state index in [1.165, 1.54) is 46.0 Å². The van der Waals surface area contributed by atoms with Crippen LogP contribution in [0.15, 0.2) is 41.1 Å². The van der Waals surface area contributed by atoms with E-state index in [4.69, 9.17) is 4.42 Å². The Labute approximate surface area is 174 Å². The summed E-state index contributed by atoms with van der Waals surface area (Å²) in [4.78, 5) is 4.55. The van der Waals surface area contributed by atoms with Gasteiger partial charge in [0.2, 0.25) is 0 Å². The zero-order valence-corrected chi connectivity index (χ0v) is 18.8. The highest BCUT2D eigenvalue weighted by molar-refractivity contribution is 6.10. The fraction of sp³-hybridized carbons (Fsp3) is 0.462. The minimum Gasteiger partial charge on any atom is -0.454 e. The van der Waals surface area contributed by atoms with Gasteiger partial charge in [-0.15, -0.1) is 0 Å². The summed E-state index contributed by atoms with van der Waals surface area (Å²) in [6, 6.07) is 9.23. The molecular formula is C26H32N2O. The Morgan fingerprint density at radius 3 is 2.21 bits per heavy atom. The first kappa shape index (κ1) is 18.6. The molecule has 1 atom stereocenters. The normalized spacial score (nSPS) is 22.7. The van der Waals surface area contributed by atoms with E-state index < -0.39 is 0 Å². The van der Waals surface area contributed by atoms with E-state index in [1.807, 2.05) is 0 Å². The molecule has 0 saturated carbocycles. The summed E-state index contributed by atoms with van der Waals surface area (Å²) in [6.45, 7) is 13.9. The van der Waals surface area contributed by atoms with Gasteiger partial charge in [-0.3, -0.25) is 0 Å². The number of hydrogen-bond acceptors (Lipinski definition) is 3. The van der Waals surface area contributed by atoms with Crippen LogP contribution in [0, 0.1) is 6.92 Å². The first-order chi connectivity index (χ1) is 13.6. The second-order valence-corrected chi connectivity index (χ2v) is 10.4. The van der Waals surface area contributed by atoms with Crippen LogP contribution in [-0.2, 0) is 10.8 Å². The van der Waals surface area contributed by atoms with Crippen molar-refractivity contribution in [1.29, 1.82) is 0 Å². The Morgan fingerprint density at radius 2 is 1.59 bits per heavy atom. The molecule has 152 valence electrons. The lowest BCUT2D eigenvalue weighted by Crippen LogP contribution is -2.33. The third-order valence-electron chi connectivity index (χ3n) is 7.50. The van der Waals surface area contributed by atoms with E-state index in [-0.39, 0.29) is 17.0 Å². The highest BCUT2D eigenvalue weighted by Gasteiger charge is 2.38. The third-order valence-corrected chi connectivity index (χ3v) is 7.50. The van der Waals surface area contributed by atoms with Gasteiger partial charge in [0.15, 0.2) is 5.58 Å². The number of furan rings is 1. The van der Waals surface area contributed by atoms with Crippen LogP contribution in [0.4, 0.5) is 5.69 Å². The predicted octanol–water partition coefficient (Wildman–Crippen LogP) is 6.81. The molecule has 29 heavy (non-hydrogen) atoms. The van der Waals surface area contributed by atoms with Crippen LogP contribution in [0.25, 0.3) is 21.9 Å². The van der Waals surface area contributed by atoms with Gasteiger partial charge in [0.25, 0.3) is 0 Å². The topological polar surface area (TPSA) is 19.6 Å². The van der Waals surface area contributed by atoms with Gasteiger partial charge in [-0.1, -0.05) is 39.8 Å². The lowest BCUT2D eigenvalue weighted by atomic mass is 9.63. The fourth-order valence-electron chi connectivity index (χ4n) is 5.19. The molecule has 2 aromatic carbocycles. The van der Waals surface area contributed by atoms with Gasteiger partial charge in [0.05, 0.1) is 5.69 Å². The molecule has 0 N–H and O–H groups in total. The first-order valence-electron chi connectivity index (χ1n) is 10.8. The number of rotatable bonds is 1. The van der Waals surface area contributed by atoms with E-state index in [0.717, 1.165) is 11.2 Å². The molecule has 5 rings (SSSR count). The zero-order valence-electron chi connectivity index (χ0n) is 18.8. The molecule has 0 bridgehead atoms. The summed E-state index contributed by atoms with van der Waals surface area (Å²) in [5.74, 6) is 0. The number of aryl methyl sites for hydroxylation is 1. The molecular weight excluding hydrogens is 356 g/mol. The summed E-state index contributed by atoms with van der Waals surface area (Å²) >= 11 is 0. The molecule has 3 aromatic rings. The summed E-state index contributed by atoms with van der Waals surface area (Å²) in [6.07, 6.45) is 7.01. The van der Waals surface area contributed by atoms with Crippen molar-refractivity contribution in [3.05, 3.63) is 53.4 Å². The van der Waals surface area contributed by atoms with Gasteiger partial charge in [-0.2, -0.15) is 0 Å². The van der Waals surface area contributed by atoms with Gasteiger partial charge in [0.1, 0.15) is 11.7 Å². The first-order valence-corrected chi connectivity index (χ1v) is 10.8. The van der Waals surface area contributed by atoms with Crippen LogP contribution in [0.1, 0.15) is 64.2 Å². The van der Waals surface area contributed by atoms with Crippen molar-refractivity contribution < 1.29 is 4.42 Å². The van der Waals surface area contributed by atoms with Crippen LogP contribution < -0.4 is 4.90 Å². The second-order valence-electron chi connectivity index (χ2n) is 10.4. The molecule has 3 heteroatoms. The molecule has 0 unspecified atom stereocenters. The standard InChI is InChI=1S/C26H32N2O/c1-16-8-9-18-19-14-20-21(26(5,6)11-10-25(20,3)4)15-22(19)29-24(18)23(16)28-13-12-27(7)17(28)2/h8-9,12-15,17H,10-11H2,1-7H3/t17-/m0/s1. The summed E-state index contributed by atoms with van der Waals surface area (Å²) < 4.78 is 6.59. The smallest absolute Gasteiger partial charge is 0.159 e. The van der Waals surface area contributed by atoms with E-state index in [0.29, 0.717) is 0 Å². The van der Waals surface area contributed by atoms with Crippen LogP contribution in [0.3, 0.4) is 0 Å². The Kier molecular flexibility index (Phi) is 3.73. The van der Waals surface area contributed by atoms with E-state index >= 15 is 0 Å². The second kappa shape index (κ2) is 5.81. The third kappa shape index (κ3) is 2.56. The molecule has 1 aliphatic carbocycles.